The molecule has 0 aliphatic heterocycles. The zero-order valence-corrected chi connectivity index (χ0v) is 20.9. The minimum atomic E-state index is 0. The number of hydrogen-bond donors (Lipinski definition) is 3. The number of hydrogen-bond acceptors (Lipinski definition) is 3. The van der Waals surface area contributed by atoms with Crippen LogP contribution in [0.25, 0.3) is 11.3 Å². The number of guanidine groups is 1. The molecule has 1 aliphatic carbocycles. The van der Waals surface area contributed by atoms with Crippen molar-refractivity contribution >= 4 is 35.8 Å². The van der Waals surface area contributed by atoms with Gasteiger partial charge < -0.3 is 20.5 Å². The third kappa shape index (κ3) is 8.16. The Morgan fingerprint density at radius 3 is 2.68 bits per heavy atom. The summed E-state index contributed by atoms with van der Waals surface area (Å²) in [7, 11) is 1.99. The van der Waals surface area contributed by atoms with Gasteiger partial charge in [-0.15, -0.1) is 24.0 Å². The van der Waals surface area contributed by atoms with Crippen molar-refractivity contribution < 1.29 is 4.79 Å². The first-order valence-electron chi connectivity index (χ1n) is 11.0. The average Bonchev–Trinajstić information content (AvgIpc) is 3.43. The van der Waals surface area contributed by atoms with Crippen molar-refractivity contribution in [2.45, 2.75) is 45.6 Å². The first-order valence-corrected chi connectivity index (χ1v) is 11.0. The van der Waals surface area contributed by atoms with Gasteiger partial charge in [-0.2, -0.15) is 0 Å². The molecule has 0 unspecified atom stereocenters. The molecule has 1 aromatic carbocycles. The number of aromatic nitrogens is 2. The summed E-state index contributed by atoms with van der Waals surface area (Å²) in [6, 6.07) is 10.2. The third-order valence-corrected chi connectivity index (χ3v) is 5.44. The number of imidazole rings is 1. The van der Waals surface area contributed by atoms with Gasteiger partial charge in [0.2, 0.25) is 5.91 Å². The molecule has 0 radical (unpaired) electrons. The van der Waals surface area contributed by atoms with Gasteiger partial charge in [0, 0.05) is 26.6 Å². The highest BCUT2D eigenvalue weighted by atomic mass is 127. The Morgan fingerprint density at radius 1 is 1.23 bits per heavy atom. The van der Waals surface area contributed by atoms with Gasteiger partial charge in [-0.3, -0.25) is 9.79 Å². The Kier molecular flexibility index (Phi) is 10.8. The molecule has 0 saturated heterocycles. The van der Waals surface area contributed by atoms with Crippen LogP contribution >= 0.6 is 24.0 Å². The van der Waals surface area contributed by atoms with Crippen LogP contribution in [0.3, 0.4) is 0 Å². The molecule has 1 aromatic heterocycles. The number of benzene rings is 1. The number of halogens is 1. The van der Waals surface area contributed by atoms with Crippen molar-refractivity contribution in [2.75, 3.05) is 26.7 Å². The lowest BCUT2D eigenvalue weighted by Gasteiger charge is -2.21. The molecule has 1 aliphatic rings. The Balaban J connectivity index is 0.00000341. The largest absolute Gasteiger partial charge is 0.357 e. The number of rotatable bonds is 9. The first kappa shape index (κ1) is 25.2. The van der Waals surface area contributed by atoms with Crippen LogP contribution < -0.4 is 10.6 Å². The molecule has 1 saturated carbocycles. The van der Waals surface area contributed by atoms with E-state index >= 15 is 0 Å². The quantitative estimate of drug-likeness (QED) is 0.196. The normalized spacial score (nSPS) is 14.2. The highest BCUT2D eigenvalue weighted by molar-refractivity contribution is 14.0. The van der Waals surface area contributed by atoms with E-state index in [1.54, 1.807) is 0 Å². The maximum Gasteiger partial charge on any atom is 0.220 e. The SMILES string of the molecule is CCNC(=NCCNC(=O)CC1CCCC1)N(C)Cc1ncc(-c2ccccc2)[nH]1.I. The maximum absolute atomic E-state index is 12.1. The molecule has 7 nitrogen and oxygen atoms in total. The zero-order chi connectivity index (χ0) is 21.2. The van der Waals surface area contributed by atoms with Crippen molar-refractivity contribution in [1.82, 2.24) is 25.5 Å². The van der Waals surface area contributed by atoms with Gasteiger partial charge >= 0.3 is 0 Å². The number of carbonyl (C=O) groups is 1. The smallest absolute Gasteiger partial charge is 0.220 e. The first-order chi connectivity index (χ1) is 14.7. The van der Waals surface area contributed by atoms with Crippen LogP contribution in [0.15, 0.2) is 41.5 Å². The lowest BCUT2D eigenvalue weighted by atomic mass is 10.0. The fourth-order valence-electron chi connectivity index (χ4n) is 3.88. The van der Waals surface area contributed by atoms with E-state index in [0.29, 0.717) is 32.0 Å². The summed E-state index contributed by atoms with van der Waals surface area (Å²) in [4.78, 5) is 26.6. The lowest BCUT2D eigenvalue weighted by Crippen LogP contribution is -2.39. The summed E-state index contributed by atoms with van der Waals surface area (Å²) < 4.78 is 0. The molecule has 1 amide bonds. The van der Waals surface area contributed by atoms with E-state index < -0.39 is 0 Å². The molecular formula is C23H35IN6O. The Morgan fingerprint density at radius 2 is 1.97 bits per heavy atom. The average molecular weight is 538 g/mol. The molecule has 170 valence electrons. The molecule has 3 rings (SSSR count). The second kappa shape index (κ2) is 13.3. The summed E-state index contributed by atoms with van der Waals surface area (Å²) in [6.07, 6.45) is 7.44. The molecule has 3 N–H and O–H groups in total. The van der Waals surface area contributed by atoms with Gasteiger partial charge in [0.05, 0.1) is 25.0 Å². The lowest BCUT2D eigenvalue weighted by molar-refractivity contribution is -0.121. The topological polar surface area (TPSA) is 85.4 Å². The summed E-state index contributed by atoms with van der Waals surface area (Å²) in [6.45, 7) is 4.56. The van der Waals surface area contributed by atoms with Crippen LogP contribution in [0.4, 0.5) is 0 Å². The van der Waals surface area contributed by atoms with Gasteiger partial charge in [-0.05, 0) is 31.2 Å². The highest BCUT2D eigenvalue weighted by Gasteiger charge is 2.18. The van der Waals surface area contributed by atoms with Crippen molar-refractivity contribution in [3.8, 4) is 11.3 Å². The molecule has 0 bridgehead atoms. The molecule has 31 heavy (non-hydrogen) atoms. The van der Waals surface area contributed by atoms with Crippen molar-refractivity contribution in [3.63, 3.8) is 0 Å². The number of aromatic amines is 1. The van der Waals surface area contributed by atoms with Crippen molar-refractivity contribution in [1.29, 1.82) is 0 Å². The minimum absolute atomic E-state index is 0. The highest BCUT2D eigenvalue weighted by Crippen LogP contribution is 2.27. The maximum atomic E-state index is 12.1. The second-order valence-electron chi connectivity index (χ2n) is 7.91. The Labute approximate surface area is 202 Å². The van der Waals surface area contributed by atoms with E-state index in [1.807, 2.05) is 43.3 Å². The van der Waals surface area contributed by atoms with E-state index in [0.717, 1.165) is 29.6 Å². The number of carbonyl (C=O) groups excluding carboxylic acids is 1. The van der Waals surface area contributed by atoms with Crippen LogP contribution in [0.5, 0.6) is 0 Å². The summed E-state index contributed by atoms with van der Waals surface area (Å²) >= 11 is 0. The number of amides is 1. The third-order valence-electron chi connectivity index (χ3n) is 5.44. The molecule has 1 fully saturated rings. The minimum Gasteiger partial charge on any atom is -0.357 e. The van der Waals surface area contributed by atoms with Gasteiger partial charge in [-0.25, -0.2) is 4.98 Å². The van der Waals surface area contributed by atoms with Crippen LogP contribution in [-0.2, 0) is 11.3 Å². The van der Waals surface area contributed by atoms with Gasteiger partial charge in [0.25, 0.3) is 0 Å². The van der Waals surface area contributed by atoms with Crippen LogP contribution in [0.2, 0.25) is 0 Å². The monoisotopic (exact) mass is 538 g/mol. The molecule has 8 heteroatoms. The molecule has 1 heterocycles. The Bertz CT molecular complexity index is 816. The van der Waals surface area contributed by atoms with Crippen LogP contribution in [-0.4, -0.2) is 53.4 Å². The van der Waals surface area contributed by atoms with Gasteiger partial charge in [-0.1, -0.05) is 43.2 Å². The molecular weight excluding hydrogens is 503 g/mol. The summed E-state index contributed by atoms with van der Waals surface area (Å²) in [5.41, 5.74) is 2.12. The van der Waals surface area contributed by atoms with Crippen LogP contribution in [0.1, 0.15) is 44.9 Å². The zero-order valence-electron chi connectivity index (χ0n) is 18.6. The number of aliphatic imine (C=N–C) groups is 1. The van der Waals surface area contributed by atoms with E-state index in [1.165, 1.54) is 25.7 Å². The van der Waals surface area contributed by atoms with Gasteiger partial charge in [0.15, 0.2) is 5.96 Å². The fraction of sp³-hybridized carbons (Fsp3) is 0.522. The van der Waals surface area contributed by atoms with Crippen molar-refractivity contribution in [2.24, 2.45) is 10.9 Å². The number of nitrogens with one attached hydrogen (secondary N) is 3. The summed E-state index contributed by atoms with van der Waals surface area (Å²) in [5, 5.41) is 6.32. The molecule has 0 spiro atoms. The van der Waals surface area contributed by atoms with E-state index in [2.05, 4.69) is 37.7 Å². The van der Waals surface area contributed by atoms with E-state index in [4.69, 9.17) is 0 Å². The van der Waals surface area contributed by atoms with Crippen molar-refractivity contribution in [3.05, 3.63) is 42.4 Å². The van der Waals surface area contributed by atoms with E-state index in [9.17, 15) is 4.79 Å². The second-order valence-corrected chi connectivity index (χ2v) is 7.91. The summed E-state index contributed by atoms with van der Waals surface area (Å²) in [5.74, 6) is 2.41. The van der Waals surface area contributed by atoms with E-state index in [-0.39, 0.29) is 29.9 Å². The predicted molar refractivity (Wildman–Crippen MR) is 136 cm³/mol. The van der Waals surface area contributed by atoms with Crippen LogP contribution in [0, 0.1) is 5.92 Å². The van der Waals surface area contributed by atoms with Gasteiger partial charge in [0.1, 0.15) is 5.82 Å². The number of H-pyrrole nitrogens is 1. The molecule has 2 aromatic rings. The molecule has 0 atom stereocenters. The Hall–Kier alpha value is -2.10. The predicted octanol–water partition coefficient (Wildman–Crippen LogP) is 3.79. The standard InChI is InChI=1S/C23H34N6O.HI/c1-3-24-23(26-14-13-25-22(30)15-18-9-7-8-10-18)29(2)17-21-27-16-20(28-21)19-11-5-4-6-12-19;/h4-6,11-12,16,18H,3,7-10,13-15,17H2,1-2H3,(H,24,26)(H,25,30)(H,27,28);1H. The number of nitrogens with zero attached hydrogens (tertiary/aromatic N) is 3. The fourth-order valence-corrected chi connectivity index (χ4v) is 3.88.